The van der Waals surface area contributed by atoms with Crippen LogP contribution in [-0.4, -0.2) is 44.6 Å². The third-order valence-corrected chi connectivity index (χ3v) is 20.2. The molecule has 39 heavy (non-hydrogen) atoms. The second-order valence-electron chi connectivity index (χ2n) is 13.8. The molecule has 0 heterocycles. The third-order valence-electron chi connectivity index (χ3n) is 10.9. The lowest BCUT2D eigenvalue weighted by atomic mass is 9.90. The van der Waals surface area contributed by atoms with Gasteiger partial charge in [-0.05, 0) is 76.0 Å². The summed E-state index contributed by atoms with van der Waals surface area (Å²) >= 11 is 0. The maximum Gasteiger partial charge on any atom is 0.344 e. The number of hydrogen-bond donors (Lipinski definition) is 0. The first-order valence-electron chi connectivity index (χ1n) is 17.3. The van der Waals surface area contributed by atoms with E-state index in [0.717, 1.165) is 53.6 Å². The van der Waals surface area contributed by atoms with Crippen LogP contribution in [0.2, 0.25) is 22.2 Å². The van der Waals surface area contributed by atoms with Gasteiger partial charge in [-0.25, -0.2) is 0 Å². The van der Waals surface area contributed by atoms with Gasteiger partial charge in [-0.2, -0.15) is 0 Å². The Morgan fingerprint density at radius 1 is 0.513 bits per heavy atom. The van der Waals surface area contributed by atoms with E-state index in [-0.39, 0.29) is 0 Å². The molecule has 0 saturated heterocycles. The lowest BCUT2D eigenvalue weighted by Gasteiger charge is -2.43. The molecule has 0 spiro atoms. The minimum Gasteiger partial charge on any atom is -0.397 e. The normalized spacial score (nSPS) is 30.6. The standard InChI is InChI=1S/C18H36O2Si.C15H30O2Si/c1-3-5-16-20-21(19-15-4-2,18-13-9-10-14-18)17-11-7-6-8-12-17;1-12-6-5-7-14(10-12)18(16-3,17-4)15-9-8-13(2)11-15/h17-18H,3-16H2,1-2H3;12-15H,5-11H2,1-4H3. The van der Waals surface area contributed by atoms with Crippen molar-refractivity contribution in [2.45, 2.75) is 172 Å². The fourth-order valence-corrected chi connectivity index (χ4v) is 18.7. The predicted molar refractivity (Wildman–Crippen MR) is 170 cm³/mol. The third kappa shape index (κ3) is 8.89. The zero-order valence-electron chi connectivity index (χ0n) is 26.9. The first-order chi connectivity index (χ1) is 19.0. The molecule has 4 aliphatic rings. The largest absolute Gasteiger partial charge is 0.397 e. The van der Waals surface area contributed by atoms with Crippen molar-refractivity contribution in [3.05, 3.63) is 0 Å². The van der Waals surface area contributed by atoms with Crippen LogP contribution < -0.4 is 0 Å². The Morgan fingerprint density at radius 3 is 1.54 bits per heavy atom. The van der Waals surface area contributed by atoms with Crippen molar-refractivity contribution in [2.24, 2.45) is 11.8 Å². The summed E-state index contributed by atoms with van der Waals surface area (Å²) in [4.78, 5) is 0. The van der Waals surface area contributed by atoms with Crippen LogP contribution in [0.4, 0.5) is 0 Å². The summed E-state index contributed by atoms with van der Waals surface area (Å²) in [7, 11) is -0.184. The van der Waals surface area contributed by atoms with E-state index in [4.69, 9.17) is 17.7 Å². The van der Waals surface area contributed by atoms with Crippen molar-refractivity contribution in [3.8, 4) is 0 Å². The van der Waals surface area contributed by atoms with Gasteiger partial charge in [-0.1, -0.05) is 85.5 Å². The Balaban J connectivity index is 0.000000218. The number of unbranched alkanes of at least 4 members (excludes halogenated alkanes) is 1. The molecule has 230 valence electrons. The molecule has 4 nitrogen and oxygen atoms in total. The van der Waals surface area contributed by atoms with Crippen molar-refractivity contribution < 1.29 is 17.7 Å². The topological polar surface area (TPSA) is 36.9 Å². The van der Waals surface area contributed by atoms with E-state index in [9.17, 15) is 0 Å². The highest BCUT2D eigenvalue weighted by atomic mass is 28.4. The minimum atomic E-state index is -2.02. The summed E-state index contributed by atoms with van der Waals surface area (Å²) in [6, 6.07) is 0. The van der Waals surface area contributed by atoms with Crippen LogP contribution in [-0.2, 0) is 17.7 Å². The number of hydrogen-bond acceptors (Lipinski definition) is 4. The Kier molecular flexibility index (Phi) is 15.1. The van der Waals surface area contributed by atoms with Crippen molar-refractivity contribution >= 4 is 17.1 Å². The Labute approximate surface area is 245 Å². The predicted octanol–water partition coefficient (Wildman–Crippen LogP) is 10.4. The average Bonchev–Trinajstić information content (AvgIpc) is 3.66. The van der Waals surface area contributed by atoms with Gasteiger partial charge < -0.3 is 17.7 Å². The van der Waals surface area contributed by atoms with Crippen molar-refractivity contribution in [3.63, 3.8) is 0 Å². The zero-order chi connectivity index (χ0) is 28.1. The van der Waals surface area contributed by atoms with Crippen molar-refractivity contribution in [2.75, 3.05) is 27.4 Å². The van der Waals surface area contributed by atoms with Crippen LogP contribution in [0.25, 0.3) is 0 Å². The molecule has 0 N–H and O–H groups in total. The van der Waals surface area contributed by atoms with Crippen LogP contribution in [0.3, 0.4) is 0 Å². The quantitative estimate of drug-likeness (QED) is 0.160. The molecule has 4 rings (SSSR count). The monoisotopic (exact) mass is 582 g/mol. The first-order valence-corrected chi connectivity index (χ1v) is 21.3. The molecule has 4 fully saturated rings. The highest BCUT2D eigenvalue weighted by molar-refractivity contribution is 6.71. The molecular weight excluding hydrogens is 517 g/mol. The van der Waals surface area contributed by atoms with Gasteiger partial charge in [0, 0.05) is 49.6 Å². The second-order valence-corrected chi connectivity index (χ2v) is 21.3. The molecule has 0 aliphatic heterocycles. The molecule has 0 aromatic heterocycles. The van der Waals surface area contributed by atoms with Crippen LogP contribution in [0.1, 0.15) is 150 Å². The number of rotatable bonds is 13. The molecule has 0 aromatic carbocycles. The van der Waals surface area contributed by atoms with Crippen LogP contribution in [0.5, 0.6) is 0 Å². The molecule has 0 radical (unpaired) electrons. The van der Waals surface area contributed by atoms with E-state index in [1.807, 2.05) is 14.2 Å². The molecule has 4 aliphatic carbocycles. The van der Waals surface area contributed by atoms with Gasteiger partial charge in [0.05, 0.1) is 0 Å². The average molecular weight is 583 g/mol. The summed E-state index contributed by atoms with van der Waals surface area (Å²) in [5.74, 6) is 1.73. The summed E-state index contributed by atoms with van der Waals surface area (Å²) in [6.07, 6.45) is 25.6. The first kappa shape index (κ1) is 33.8. The van der Waals surface area contributed by atoms with Gasteiger partial charge in [0.15, 0.2) is 0 Å². The van der Waals surface area contributed by atoms with E-state index < -0.39 is 17.1 Å². The van der Waals surface area contributed by atoms with Crippen LogP contribution in [0.15, 0.2) is 0 Å². The minimum absolute atomic E-state index is 0.728. The van der Waals surface area contributed by atoms with Gasteiger partial charge in [-0.15, -0.1) is 0 Å². The smallest absolute Gasteiger partial charge is 0.344 e. The molecule has 5 atom stereocenters. The van der Waals surface area contributed by atoms with Gasteiger partial charge in [0.2, 0.25) is 0 Å². The molecule has 5 unspecified atom stereocenters. The SMILES string of the molecule is CCCCO[Si](OCCC)(C1CCCCC1)C1CCCC1.CO[Si](OC)(C1CCCC(C)C1)C1CCC(C)C1. The van der Waals surface area contributed by atoms with E-state index in [0.29, 0.717) is 0 Å². The van der Waals surface area contributed by atoms with Gasteiger partial charge in [0.25, 0.3) is 0 Å². The Morgan fingerprint density at radius 2 is 1.03 bits per heavy atom. The highest BCUT2D eigenvalue weighted by Crippen LogP contribution is 2.52. The van der Waals surface area contributed by atoms with Crippen LogP contribution in [0, 0.1) is 11.8 Å². The molecule has 4 saturated carbocycles. The van der Waals surface area contributed by atoms with Crippen LogP contribution >= 0.6 is 0 Å². The summed E-state index contributed by atoms with van der Waals surface area (Å²) in [6.45, 7) is 11.1. The van der Waals surface area contributed by atoms with E-state index in [2.05, 4.69) is 27.7 Å². The fourth-order valence-electron chi connectivity index (χ4n) is 8.77. The van der Waals surface area contributed by atoms with Gasteiger partial charge >= 0.3 is 17.1 Å². The van der Waals surface area contributed by atoms with Gasteiger partial charge in [-0.3, -0.25) is 0 Å². The fraction of sp³-hybridized carbons (Fsp3) is 1.00. The van der Waals surface area contributed by atoms with Crippen molar-refractivity contribution in [1.29, 1.82) is 0 Å². The Bertz CT molecular complexity index is 648. The van der Waals surface area contributed by atoms with E-state index in [1.165, 1.54) is 116 Å². The lowest BCUT2D eigenvalue weighted by Crippen LogP contribution is -2.51. The lowest BCUT2D eigenvalue weighted by molar-refractivity contribution is 0.138. The molecular formula is C33H66O4Si2. The zero-order valence-corrected chi connectivity index (χ0v) is 28.9. The summed E-state index contributed by atoms with van der Waals surface area (Å²) in [5.41, 5.74) is 3.02. The van der Waals surface area contributed by atoms with Crippen molar-refractivity contribution in [1.82, 2.24) is 0 Å². The van der Waals surface area contributed by atoms with Gasteiger partial charge in [0.1, 0.15) is 0 Å². The molecule has 6 heteroatoms. The highest BCUT2D eigenvalue weighted by Gasteiger charge is 2.54. The molecule has 0 amide bonds. The summed E-state index contributed by atoms with van der Waals surface area (Å²) < 4.78 is 25.6. The maximum atomic E-state index is 6.71. The maximum absolute atomic E-state index is 6.71. The van der Waals surface area contributed by atoms with E-state index in [1.54, 1.807) is 0 Å². The molecule has 0 bridgehead atoms. The Hall–Kier alpha value is 0.274. The van der Waals surface area contributed by atoms with E-state index >= 15 is 0 Å². The second kappa shape index (κ2) is 17.4. The molecule has 0 aromatic rings. The summed E-state index contributed by atoms with van der Waals surface area (Å²) in [5, 5.41) is 0.